The lowest BCUT2D eigenvalue weighted by Gasteiger charge is -2.19. The maximum absolute atomic E-state index is 13.2. The number of aromatic carboxylic acids is 1. The van der Waals surface area contributed by atoms with E-state index in [1.165, 1.54) is 12.1 Å². The largest absolute Gasteiger partial charge is 0.478 e. The lowest BCUT2D eigenvalue weighted by molar-refractivity contribution is 0.0696. The van der Waals surface area contributed by atoms with Crippen molar-refractivity contribution in [2.75, 3.05) is 11.9 Å². The number of anilines is 1. The first-order chi connectivity index (χ1) is 13.4. The maximum Gasteiger partial charge on any atom is 0.335 e. The van der Waals surface area contributed by atoms with Gasteiger partial charge in [0.2, 0.25) is 0 Å². The molecular formula is C20H25N3O4S. The molecule has 0 amide bonds. The van der Waals surface area contributed by atoms with Gasteiger partial charge in [-0.15, -0.1) is 0 Å². The highest BCUT2D eigenvalue weighted by atomic mass is 32.2. The number of nitrogens with one attached hydrogen (secondary N) is 3. The van der Waals surface area contributed by atoms with E-state index in [4.69, 9.17) is 9.52 Å². The summed E-state index contributed by atoms with van der Waals surface area (Å²) in [5, 5.41) is 12.7. The van der Waals surface area contributed by atoms with Gasteiger partial charge >= 0.3 is 5.97 Å². The van der Waals surface area contributed by atoms with E-state index in [0.29, 0.717) is 18.0 Å². The van der Waals surface area contributed by atoms with Crippen LogP contribution in [0.3, 0.4) is 0 Å². The smallest absolute Gasteiger partial charge is 0.335 e. The third-order valence-electron chi connectivity index (χ3n) is 4.33. The first-order valence-corrected chi connectivity index (χ1v) is 10.9. The highest BCUT2D eigenvalue weighted by Crippen LogP contribution is 2.38. The second-order valence-electron chi connectivity index (χ2n) is 6.80. The normalized spacial score (nSPS) is 15.6. The third-order valence-corrected chi connectivity index (χ3v) is 5.92. The Kier molecular flexibility index (Phi) is 6.21. The van der Waals surface area contributed by atoms with Crippen LogP contribution in [0.1, 0.15) is 43.0 Å². The van der Waals surface area contributed by atoms with Gasteiger partial charge in [-0.25, -0.2) is 18.5 Å². The predicted molar refractivity (Wildman–Crippen MR) is 109 cm³/mol. The van der Waals surface area contributed by atoms with Gasteiger partial charge in [0.05, 0.1) is 11.3 Å². The van der Waals surface area contributed by atoms with Crippen molar-refractivity contribution in [3.63, 3.8) is 0 Å². The van der Waals surface area contributed by atoms with Gasteiger partial charge in [-0.05, 0) is 43.5 Å². The number of benzene rings is 2. The molecule has 0 bridgehead atoms. The fourth-order valence-electron chi connectivity index (χ4n) is 2.68. The second-order valence-corrected chi connectivity index (χ2v) is 8.59. The van der Waals surface area contributed by atoms with Crippen LogP contribution >= 0.6 is 0 Å². The van der Waals surface area contributed by atoms with Crippen LogP contribution in [0.15, 0.2) is 47.4 Å². The van der Waals surface area contributed by atoms with Crippen molar-refractivity contribution in [3.05, 3.63) is 48.0 Å². The summed E-state index contributed by atoms with van der Waals surface area (Å²) in [4.78, 5) is 11.7. The zero-order chi connectivity index (χ0) is 20.1. The molecule has 1 saturated carbocycles. The molecule has 7 nitrogen and oxygen atoms in total. The number of rotatable bonds is 10. The lowest BCUT2D eigenvalue weighted by atomic mass is 10.1. The van der Waals surface area contributed by atoms with E-state index in [1.54, 1.807) is 12.1 Å². The summed E-state index contributed by atoms with van der Waals surface area (Å²) >= 11 is 0. The van der Waals surface area contributed by atoms with Crippen LogP contribution in [-0.4, -0.2) is 27.9 Å². The summed E-state index contributed by atoms with van der Waals surface area (Å²) in [7, 11) is -3.44. The third kappa shape index (κ3) is 5.02. The number of carboxylic acids is 1. The Labute approximate surface area is 165 Å². The topological polar surface area (TPSA) is 112 Å². The monoisotopic (exact) mass is 403 g/mol. The summed E-state index contributed by atoms with van der Waals surface area (Å²) in [5.41, 5.74) is 0.386. The van der Waals surface area contributed by atoms with Crippen molar-refractivity contribution in [3.8, 4) is 11.5 Å². The molecule has 1 aliphatic rings. The number of unbranched alkanes of at least 4 members (excludes halogenated alkanes) is 1. The average Bonchev–Trinajstić information content (AvgIpc) is 3.46. The van der Waals surface area contributed by atoms with Gasteiger partial charge in [-0.2, -0.15) is 0 Å². The van der Waals surface area contributed by atoms with Crippen molar-refractivity contribution >= 4 is 21.6 Å². The summed E-state index contributed by atoms with van der Waals surface area (Å²) in [6, 6.07) is 11.7. The molecular weight excluding hydrogens is 378 g/mol. The minimum Gasteiger partial charge on any atom is -0.478 e. The van der Waals surface area contributed by atoms with E-state index in [9.17, 15) is 14.1 Å². The van der Waals surface area contributed by atoms with Gasteiger partial charge in [0.25, 0.3) is 0 Å². The van der Waals surface area contributed by atoms with Crippen molar-refractivity contribution in [2.24, 2.45) is 0 Å². The lowest BCUT2D eigenvalue weighted by Crippen LogP contribution is -2.25. The molecule has 1 atom stereocenters. The van der Waals surface area contributed by atoms with E-state index < -0.39 is 15.9 Å². The Bertz CT molecular complexity index is 941. The van der Waals surface area contributed by atoms with Gasteiger partial charge in [-0.3, -0.25) is 0 Å². The van der Waals surface area contributed by atoms with Crippen LogP contribution in [0.5, 0.6) is 11.5 Å². The highest BCUT2D eigenvalue weighted by Gasteiger charge is 2.30. The van der Waals surface area contributed by atoms with Crippen molar-refractivity contribution in [1.82, 2.24) is 4.72 Å². The Hall–Kier alpha value is -2.58. The molecule has 1 fully saturated rings. The predicted octanol–water partition coefficient (Wildman–Crippen LogP) is 4.46. The average molecular weight is 404 g/mol. The van der Waals surface area contributed by atoms with Crippen LogP contribution in [0.2, 0.25) is 0 Å². The zero-order valence-electron chi connectivity index (χ0n) is 15.7. The molecule has 1 aliphatic carbocycles. The molecule has 1 unspecified atom stereocenters. The number of ether oxygens (including phenoxy) is 1. The van der Waals surface area contributed by atoms with Crippen LogP contribution in [0.25, 0.3) is 0 Å². The minimum absolute atomic E-state index is 0.0135. The van der Waals surface area contributed by atoms with E-state index in [1.807, 2.05) is 18.2 Å². The Morgan fingerprint density at radius 1 is 1.29 bits per heavy atom. The molecule has 0 aliphatic heterocycles. The van der Waals surface area contributed by atoms with Crippen molar-refractivity contribution in [1.29, 1.82) is 4.78 Å². The zero-order valence-corrected chi connectivity index (χ0v) is 16.6. The minimum atomic E-state index is -3.44. The maximum atomic E-state index is 13.2. The van der Waals surface area contributed by atoms with Crippen LogP contribution in [0, 0.1) is 4.78 Å². The van der Waals surface area contributed by atoms with Crippen LogP contribution in [0.4, 0.5) is 5.69 Å². The van der Waals surface area contributed by atoms with Gasteiger partial charge in [0, 0.05) is 12.6 Å². The highest BCUT2D eigenvalue weighted by molar-refractivity contribution is 7.90. The standard InChI is InChI=1S/C20H25N3O4S/c1-2-3-11-22-17-12-14(20(24)25)13-18(28(21,26)23-15-9-10-15)19(17)27-16-7-5-4-6-8-16/h4-8,12-13,15,22H,2-3,9-11H2,1H3,(H,24,25)(H2,21,23,26). The molecule has 0 aromatic heterocycles. The fourth-order valence-corrected chi connectivity index (χ4v) is 4.22. The van der Waals surface area contributed by atoms with E-state index in [0.717, 1.165) is 25.7 Å². The molecule has 28 heavy (non-hydrogen) atoms. The molecule has 0 spiro atoms. The quantitative estimate of drug-likeness (QED) is 0.438. The second kappa shape index (κ2) is 8.62. The molecule has 4 N–H and O–H groups in total. The summed E-state index contributed by atoms with van der Waals surface area (Å²) in [5.74, 6) is -0.403. The molecule has 3 rings (SSSR count). The first-order valence-electron chi connectivity index (χ1n) is 9.35. The number of para-hydroxylation sites is 1. The van der Waals surface area contributed by atoms with Gasteiger partial charge in [0.15, 0.2) is 5.75 Å². The summed E-state index contributed by atoms with van der Waals surface area (Å²) < 4.78 is 30.4. The van der Waals surface area contributed by atoms with Crippen LogP contribution < -0.4 is 14.8 Å². The van der Waals surface area contributed by atoms with Gasteiger partial charge < -0.3 is 15.2 Å². The number of hydrogen-bond acceptors (Lipinski definition) is 5. The van der Waals surface area contributed by atoms with Gasteiger partial charge in [0.1, 0.15) is 20.6 Å². The number of carboxylic acid groups (broad SMARTS) is 1. The molecule has 2 aromatic carbocycles. The van der Waals surface area contributed by atoms with Crippen molar-refractivity contribution in [2.45, 2.75) is 43.5 Å². The molecule has 2 aromatic rings. The first kappa shape index (κ1) is 20.2. The molecule has 0 saturated heterocycles. The van der Waals surface area contributed by atoms with Gasteiger partial charge in [-0.1, -0.05) is 31.5 Å². The summed E-state index contributed by atoms with van der Waals surface area (Å²) in [6.07, 6.45) is 3.55. The van der Waals surface area contributed by atoms with E-state index >= 15 is 0 Å². The van der Waals surface area contributed by atoms with E-state index in [2.05, 4.69) is 17.0 Å². The van der Waals surface area contributed by atoms with E-state index in [-0.39, 0.29) is 22.3 Å². The number of hydrogen-bond donors (Lipinski definition) is 4. The summed E-state index contributed by atoms with van der Waals surface area (Å²) in [6.45, 7) is 2.66. The Balaban J connectivity index is 2.10. The molecule has 150 valence electrons. The molecule has 0 radical (unpaired) electrons. The Morgan fingerprint density at radius 3 is 2.61 bits per heavy atom. The molecule has 0 heterocycles. The Morgan fingerprint density at radius 2 is 2.00 bits per heavy atom. The fraction of sp³-hybridized carbons (Fsp3) is 0.350. The SMILES string of the molecule is CCCCNc1cc(C(=O)O)cc(S(=N)(=O)NC2CC2)c1Oc1ccccc1. The number of carbonyl (C=O) groups is 1. The van der Waals surface area contributed by atoms with Crippen molar-refractivity contribution < 1.29 is 18.8 Å². The molecule has 8 heteroatoms. The van der Waals surface area contributed by atoms with Crippen LogP contribution in [-0.2, 0) is 9.92 Å².